The van der Waals surface area contributed by atoms with E-state index in [-0.39, 0.29) is 11.9 Å². The lowest BCUT2D eigenvalue weighted by molar-refractivity contribution is -0.137. The molecule has 0 aromatic heterocycles. The lowest BCUT2D eigenvalue weighted by Gasteiger charge is -2.55. The molecule has 4 rings (SSSR count). The second-order valence-corrected chi connectivity index (χ2v) is 7.20. The van der Waals surface area contributed by atoms with Crippen molar-refractivity contribution in [1.82, 2.24) is 4.90 Å². The monoisotopic (exact) mass is 275 g/mol. The zero-order valence-corrected chi connectivity index (χ0v) is 12.3. The van der Waals surface area contributed by atoms with Gasteiger partial charge in [0, 0.05) is 13.6 Å². The summed E-state index contributed by atoms with van der Waals surface area (Å²) in [4.78, 5) is 14.1. The van der Waals surface area contributed by atoms with Gasteiger partial charge in [-0.2, -0.15) is 5.26 Å². The number of hydrogen-bond acceptors (Lipinski definition) is 3. The molecule has 1 amide bonds. The van der Waals surface area contributed by atoms with Gasteiger partial charge in [0.15, 0.2) is 0 Å². The molecule has 0 heterocycles. The molecule has 4 nitrogen and oxygen atoms in total. The van der Waals surface area contributed by atoms with Crippen LogP contribution >= 0.6 is 0 Å². The Morgan fingerprint density at radius 3 is 2.30 bits per heavy atom. The first-order valence-corrected chi connectivity index (χ1v) is 7.97. The van der Waals surface area contributed by atoms with Crippen LogP contribution in [0.2, 0.25) is 0 Å². The quantitative estimate of drug-likeness (QED) is 0.850. The van der Waals surface area contributed by atoms with Crippen molar-refractivity contribution >= 4 is 5.91 Å². The van der Waals surface area contributed by atoms with Gasteiger partial charge >= 0.3 is 0 Å². The fourth-order valence-electron chi connectivity index (χ4n) is 5.30. The normalized spacial score (nSPS) is 39.4. The van der Waals surface area contributed by atoms with Crippen molar-refractivity contribution < 1.29 is 4.79 Å². The van der Waals surface area contributed by atoms with Crippen LogP contribution < -0.4 is 5.73 Å². The van der Waals surface area contributed by atoms with E-state index in [4.69, 9.17) is 11.0 Å². The summed E-state index contributed by atoms with van der Waals surface area (Å²) in [6.07, 6.45) is 6.98. The number of carbonyl (C=O) groups is 1. The number of amides is 1. The summed E-state index contributed by atoms with van der Waals surface area (Å²) in [5.74, 6) is 3.60. The maximum atomic E-state index is 12.5. The highest BCUT2D eigenvalue weighted by Gasteiger charge is 2.51. The van der Waals surface area contributed by atoms with E-state index >= 15 is 0 Å². The Morgan fingerprint density at radius 1 is 1.25 bits per heavy atom. The molecule has 4 bridgehead atoms. The first kappa shape index (κ1) is 13.9. The molecular formula is C16H25N3O. The largest absolute Gasteiger partial charge is 0.343 e. The average Bonchev–Trinajstić information content (AvgIpc) is 2.42. The highest BCUT2D eigenvalue weighted by molar-refractivity contribution is 5.81. The van der Waals surface area contributed by atoms with Crippen molar-refractivity contribution in [3.63, 3.8) is 0 Å². The number of carbonyl (C=O) groups excluding carboxylic acids is 1. The maximum absolute atomic E-state index is 12.5. The van der Waals surface area contributed by atoms with Crippen molar-refractivity contribution in [1.29, 1.82) is 5.26 Å². The van der Waals surface area contributed by atoms with Crippen molar-refractivity contribution in [2.75, 3.05) is 13.6 Å². The van der Waals surface area contributed by atoms with Gasteiger partial charge in [0.2, 0.25) is 5.91 Å². The van der Waals surface area contributed by atoms with E-state index in [1.807, 2.05) is 0 Å². The number of nitrogens with zero attached hydrogens (tertiary/aromatic N) is 2. The molecule has 0 spiro atoms. The molecule has 4 aliphatic carbocycles. The molecule has 20 heavy (non-hydrogen) atoms. The summed E-state index contributed by atoms with van der Waals surface area (Å²) >= 11 is 0. The molecule has 1 unspecified atom stereocenters. The molecule has 0 saturated heterocycles. The SMILES string of the molecule is CN(CCC#N)C(=O)C(N)C1C2CC3CC(C2)CC1C3. The minimum atomic E-state index is -0.353. The van der Waals surface area contributed by atoms with Crippen LogP contribution in [0, 0.1) is 40.9 Å². The van der Waals surface area contributed by atoms with Gasteiger partial charge in [0.05, 0.1) is 18.5 Å². The Hall–Kier alpha value is -1.08. The molecule has 0 radical (unpaired) electrons. The van der Waals surface area contributed by atoms with Gasteiger partial charge in [0.1, 0.15) is 0 Å². The van der Waals surface area contributed by atoms with Gasteiger partial charge < -0.3 is 10.6 Å². The molecule has 4 aliphatic rings. The van der Waals surface area contributed by atoms with E-state index in [1.165, 1.54) is 32.1 Å². The smallest absolute Gasteiger partial charge is 0.239 e. The first-order chi connectivity index (χ1) is 9.60. The van der Waals surface area contributed by atoms with Crippen molar-refractivity contribution in [2.45, 2.75) is 44.6 Å². The molecule has 110 valence electrons. The van der Waals surface area contributed by atoms with Crippen molar-refractivity contribution in [2.24, 2.45) is 35.3 Å². The van der Waals surface area contributed by atoms with E-state index in [0.29, 0.717) is 30.7 Å². The van der Waals surface area contributed by atoms with Crippen LogP contribution in [0.15, 0.2) is 0 Å². The third-order valence-electron chi connectivity index (χ3n) is 5.93. The summed E-state index contributed by atoms with van der Waals surface area (Å²) in [5.41, 5.74) is 6.34. The van der Waals surface area contributed by atoms with Gasteiger partial charge in [-0.3, -0.25) is 4.79 Å². The van der Waals surface area contributed by atoms with Gasteiger partial charge in [-0.1, -0.05) is 0 Å². The molecule has 0 aromatic rings. The van der Waals surface area contributed by atoms with Crippen LogP contribution in [0.25, 0.3) is 0 Å². The average molecular weight is 275 g/mol. The number of nitriles is 1. The predicted molar refractivity (Wildman–Crippen MR) is 76.4 cm³/mol. The van der Waals surface area contributed by atoms with E-state index < -0.39 is 0 Å². The standard InChI is InChI=1S/C16H25N3O/c1-19(4-2-3-17)16(20)15(18)14-12-6-10-5-11(8-12)9-13(14)7-10/h10-15H,2,4-9,18H2,1H3. The van der Waals surface area contributed by atoms with E-state index in [9.17, 15) is 4.79 Å². The van der Waals surface area contributed by atoms with Gasteiger partial charge in [-0.25, -0.2) is 0 Å². The van der Waals surface area contributed by atoms with Crippen LogP contribution in [-0.4, -0.2) is 30.4 Å². The summed E-state index contributed by atoms with van der Waals surface area (Å²) in [6, 6.07) is 1.74. The number of likely N-dealkylation sites (N-methyl/N-ethyl adjacent to an activating group) is 1. The third kappa shape index (κ3) is 2.33. The van der Waals surface area contributed by atoms with Crippen molar-refractivity contribution in [3.05, 3.63) is 0 Å². The predicted octanol–water partition coefficient (Wildman–Crippen LogP) is 1.76. The van der Waals surface area contributed by atoms with Crippen LogP contribution in [-0.2, 0) is 4.79 Å². The zero-order chi connectivity index (χ0) is 14.3. The summed E-state index contributed by atoms with van der Waals surface area (Å²) in [5, 5.41) is 8.63. The molecule has 2 N–H and O–H groups in total. The minimum absolute atomic E-state index is 0.0396. The highest BCUT2D eigenvalue weighted by atomic mass is 16.2. The zero-order valence-electron chi connectivity index (χ0n) is 12.3. The molecular weight excluding hydrogens is 250 g/mol. The highest BCUT2D eigenvalue weighted by Crippen LogP contribution is 2.57. The molecule has 4 saturated carbocycles. The lowest BCUT2D eigenvalue weighted by Crippen LogP contribution is -2.56. The number of nitrogens with two attached hydrogens (primary N) is 1. The van der Waals surface area contributed by atoms with Gasteiger partial charge in [-0.15, -0.1) is 0 Å². The lowest BCUT2D eigenvalue weighted by atomic mass is 9.50. The topological polar surface area (TPSA) is 70.1 Å². The minimum Gasteiger partial charge on any atom is -0.343 e. The van der Waals surface area contributed by atoms with Crippen molar-refractivity contribution in [3.8, 4) is 6.07 Å². The van der Waals surface area contributed by atoms with E-state index in [1.54, 1.807) is 11.9 Å². The maximum Gasteiger partial charge on any atom is 0.239 e. The molecule has 1 atom stereocenters. The summed E-state index contributed by atoms with van der Waals surface area (Å²) in [7, 11) is 1.77. The second kappa shape index (κ2) is 5.37. The number of hydrogen-bond donors (Lipinski definition) is 1. The molecule has 0 aliphatic heterocycles. The summed E-state index contributed by atoms with van der Waals surface area (Å²) in [6.45, 7) is 0.496. The summed E-state index contributed by atoms with van der Waals surface area (Å²) < 4.78 is 0. The molecule has 4 fully saturated rings. The van der Waals surface area contributed by atoms with Crippen LogP contribution in [0.3, 0.4) is 0 Å². The van der Waals surface area contributed by atoms with Crippen LogP contribution in [0.4, 0.5) is 0 Å². The van der Waals surface area contributed by atoms with E-state index in [0.717, 1.165) is 11.8 Å². The molecule has 0 aromatic carbocycles. The van der Waals surface area contributed by atoms with Gasteiger partial charge in [0.25, 0.3) is 0 Å². The van der Waals surface area contributed by atoms with E-state index in [2.05, 4.69) is 6.07 Å². The van der Waals surface area contributed by atoms with Gasteiger partial charge in [-0.05, 0) is 61.7 Å². The Balaban J connectivity index is 1.66. The number of rotatable bonds is 4. The Kier molecular flexibility index (Phi) is 3.72. The van der Waals surface area contributed by atoms with Crippen LogP contribution in [0.1, 0.15) is 38.5 Å². The Bertz CT molecular complexity index is 400. The first-order valence-electron chi connectivity index (χ1n) is 7.97. The van der Waals surface area contributed by atoms with Crippen LogP contribution in [0.5, 0.6) is 0 Å². The Labute approximate surface area is 121 Å². The fraction of sp³-hybridized carbons (Fsp3) is 0.875. The second-order valence-electron chi connectivity index (χ2n) is 7.20. The fourth-order valence-corrected chi connectivity index (χ4v) is 5.30. The Morgan fingerprint density at radius 2 is 1.80 bits per heavy atom. The molecule has 4 heteroatoms. The third-order valence-corrected chi connectivity index (χ3v) is 5.93.